The van der Waals surface area contributed by atoms with Gasteiger partial charge in [0.1, 0.15) is 0 Å². The number of hydrogen-bond donors (Lipinski definition) is 0. The van der Waals surface area contributed by atoms with Crippen molar-refractivity contribution in [1.82, 2.24) is 14.7 Å². The lowest BCUT2D eigenvalue weighted by atomic mass is 10.0. The molecule has 0 bridgehead atoms. The standard InChI is InChI=1S/C15H29N3O/c1-11(2)14-10-17(15(19)16(14)5)9-13-7-6-8-18(13)12(3)4/h11-14H,6-10H2,1-5H3. The summed E-state index contributed by atoms with van der Waals surface area (Å²) < 4.78 is 0. The molecule has 2 fully saturated rings. The summed E-state index contributed by atoms with van der Waals surface area (Å²) >= 11 is 0. The zero-order chi connectivity index (χ0) is 14.2. The molecule has 0 aromatic heterocycles. The van der Waals surface area contributed by atoms with Gasteiger partial charge >= 0.3 is 6.03 Å². The third kappa shape index (κ3) is 2.88. The Hall–Kier alpha value is -0.770. The molecule has 2 unspecified atom stereocenters. The fourth-order valence-electron chi connectivity index (χ4n) is 3.59. The SMILES string of the molecule is CC(C)C1CN(CC2CCCN2C(C)C)C(=O)N1C. The maximum atomic E-state index is 12.3. The molecule has 2 rings (SSSR count). The van der Waals surface area contributed by atoms with Crippen molar-refractivity contribution in [2.24, 2.45) is 5.92 Å². The zero-order valence-corrected chi connectivity index (χ0v) is 13.1. The van der Waals surface area contributed by atoms with Crippen LogP contribution in [-0.2, 0) is 0 Å². The van der Waals surface area contributed by atoms with Gasteiger partial charge in [-0.3, -0.25) is 4.90 Å². The smallest absolute Gasteiger partial charge is 0.320 e. The van der Waals surface area contributed by atoms with Gasteiger partial charge in [0.25, 0.3) is 0 Å². The van der Waals surface area contributed by atoms with Gasteiger partial charge in [0.05, 0.1) is 6.04 Å². The minimum Gasteiger partial charge on any atom is -0.323 e. The van der Waals surface area contributed by atoms with Crippen LogP contribution in [0, 0.1) is 5.92 Å². The van der Waals surface area contributed by atoms with Crippen LogP contribution in [0.1, 0.15) is 40.5 Å². The van der Waals surface area contributed by atoms with E-state index in [1.54, 1.807) is 0 Å². The number of likely N-dealkylation sites (N-methyl/N-ethyl adjacent to an activating group) is 1. The largest absolute Gasteiger partial charge is 0.323 e. The average Bonchev–Trinajstić information content (AvgIpc) is 2.89. The van der Waals surface area contributed by atoms with Crippen LogP contribution >= 0.6 is 0 Å². The molecule has 0 saturated carbocycles. The molecule has 0 spiro atoms. The molecule has 19 heavy (non-hydrogen) atoms. The first-order valence-corrected chi connectivity index (χ1v) is 7.69. The molecule has 2 aliphatic heterocycles. The van der Waals surface area contributed by atoms with Crippen molar-refractivity contribution in [3.8, 4) is 0 Å². The van der Waals surface area contributed by atoms with Crippen LogP contribution in [0.25, 0.3) is 0 Å². The third-order valence-corrected chi connectivity index (χ3v) is 4.76. The summed E-state index contributed by atoms with van der Waals surface area (Å²) in [5, 5.41) is 0. The lowest BCUT2D eigenvalue weighted by Crippen LogP contribution is -2.44. The van der Waals surface area contributed by atoms with Gasteiger partial charge in [-0.2, -0.15) is 0 Å². The molecule has 2 heterocycles. The number of nitrogens with zero attached hydrogens (tertiary/aromatic N) is 3. The molecular formula is C15H29N3O. The fraction of sp³-hybridized carbons (Fsp3) is 0.933. The van der Waals surface area contributed by atoms with Gasteiger partial charge in [-0.25, -0.2) is 4.79 Å². The Morgan fingerprint density at radius 2 is 1.95 bits per heavy atom. The Morgan fingerprint density at radius 3 is 2.47 bits per heavy atom. The highest BCUT2D eigenvalue weighted by molar-refractivity contribution is 5.77. The number of rotatable bonds is 4. The summed E-state index contributed by atoms with van der Waals surface area (Å²) in [6.07, 6.45) is 2.51. The van der Waals surface area contributed by atoms with Gasteiger partial charge < -0.3 is 9.80 Å². The van der Waals surface area contributed by atoms with E-state index in [0.717, 1.165) is 13.1 Å². The second-order valence-corrected chi connectivity index (χ2v) is 6.74. The van der Waals surface area contributed by atoms with Crippen molar-refractivity contribution in [2.45, 2.75) is 58.7 Å². The van der Waals surface area contributed by atoms with E-state index in [-0.39, 0.29) is 6.03 Å². The Balaban J connectivity index is 1.98. The topological polar surface area (TPSA) is 26.8 Å². The first kappa shape index (κ1) is 14.6. The second-order valence-electron chi connectivity index (χ2n) is 6.74. The zero-order valence-electron chi connectivity index (χ0n) is 13.1. The quantitative estimate of drug-likeness (QED) is 0.781. The minimum atomic E-state index is 0.217. The van der Waals surface area contributed by atoms with Gasteiger partial charge in [0, 0.05) is 32.2 Å². The molecule has 2 saturated heterocycles. The van der Waals surface area contributed by atoms with Crippen LogP contribution in [0.3, 0.4) is 0 Å². The Bertz CT molecular complexity index is 329. The maximum absolute atomic E-state index is 12.3. The molecule has 0 aliphatic carbocycles. The average molecular weight is 267 g/mol. The van der Waals surface area contributed by atoms with Crippen LogP contribution in [0.4, 0.5) is 4.79 Å². The van der Waals surface area contributed by atoms with Crippen molar-refractivity contribution >= 4 is 6.03 Å². The lowest BCUT2D eigenvalue weighted by molar-refractivity contribution is 0.155. The summed E-state index contributed by atoms with van der Waals surface area (Å²) in [6, 6.07) is 1.74. The Morgan fingerprint density at radius 1 is 1.26 bits per heavy atom. The predicted molar refractivity (Wildman–Crippen MR) is 78.2 cm³/mol. The first-order valence-electron chi connectivity index (χ1n) is 7.69. The van der Waals surface area contributed by atoms with E-state index in [1.165, 1.54) is 19.4 Å². The highest BCUT2D eigenvalue weighted by atomic mass is 16.2. The van der Waals surface area contributed by atoms with E-state index in [0.29, 0.717) is 24.0 Å². The van der Waals surface area contributed by atoms with E-state index < -0.39 is 0 Å². The Kier molecular flexibility index (Phi) is 4.39. The van der Waals surface area contributed by atoms with Gasteiger partial charge in [-0.1, -0.05) is 13.8 Å². The van der Waals surface area contributed by atoms with E-state index in [2.05, 4.69) is 37.5 Å². The summed E-state index contributed by atoms with van der Waals surface area (Å²) in [5.41, 5.74) is 0. The highest BCUT2D eigenvalue weighted by Crippen LogP contribution is 2.25. The number of carbonyl (C=O) groups is 1. The van der Waals surface area contributed by atoms with Crippen molar-refractivity contribution in [3.63, 3.8) is 0 Å². The number of hydrogen-bond acceptors (Lipinski definition) is 2. The predicted octanol–water partition coefficient (Wildman–Crippen LogP) is 2.25. The fourth-order valence-corrected chi connectivity index (χ4v) is 3.59. The molecule has 0 N–H and O–H groups in total. The normalized spacial score (nSPS) is 29.3. The van der Waals surface area contributed by atoms with Gasteiger partial charge in [-0.15, -0.1) is 0 Å². The maximum Gasteiger partial charge on any atom is 0.320 e. The van der Waals surface area contributed by atoms with Crippen molar-refractivity contribution < 1.29 is 4.79 Å². The van der Waals surface area contributed by atoms with Gasteiger partial charge in [-0.05, 0) is 39.2 Å². The van der Waals surface area contributed by atoms with Crippen LogP contribution in [0.2, 0.25) is 0 Å². The summed E-state index contributed by atoms with van der Waals surface area (Å²) in [6.45, 7) is 11.9. The molecule has 110 valence electrons. The lowest BCUT2D eigenvalue weighted by Gasteiger charge is -2.31. The van der Waals surface area contributed by atoms with Crippen LogP contribution in [-0.4, -0.2) is 65.5 Å². The monoisotopic (exact) mass is 267 g/mol. The molecule has 2 atom stereocenters. The summed E-state index contributed by atoms with van der Waals surface area (Å²) in [4.78, 5) is 18.9. The molecular weight excluding hydrogens is 238 g/mol. The van der Waals surface area contributed by atoms with Crippen LogP contribution in [0.5, 0.6) is 0 Å². The third-order valence-electron chi connectivity index (χ3n) is 4.76. The molecule has 0 aromatic rings. The van der Waals surface area contributed by atoms with Gasteiger partial charge in [0.15, 0.2) is 0 Å². The number of carbonyl (C=O) groups excluding carboxylic acids is 1. The molecule has 0 radical (unpaired) electrons. The van der Waals surface area contributed by atoms with E-state index in [9.17, 15) is 4.79 Å². The number of urea groups is 1. The number of likely N-dealkylation sites (tertiary alicyclic amines) is 1. The summed E-state index contributed by atoms with van der Waals surface area (Å²) in [5.74, 6) is 0.531. The molecule has 2 aliphatic rings. The number of amides is 2. The molecule has 0 aromatic carbocycles. The van der Waals surface area contributed by atoms with E-state index >= 15 is 0 Å². The van der Waals surface area contributed by atoms with Gasteiger partial charge in [0.2, 0.25) is 0 Å². The van der Waals surface area contributed by atoms with E-state index in [4.69, 9.17) is 0 Å². The van der Waals surface area contributed by atoms with Crippen LogP contribution < -0.4 is 0 Å². The molecule has 4 nitrogen and oxygen atoms in total. The first-order chi connectivity index (χ1) is 8.91. The second kappa shape index (κ2) is 5.70. The molecule has 2 amide bonds. The van der Waals surface area contributed by atoms with Crippen molar-refractivity contribution in [2.75, 3.05) is 26.7 Å². The van der Waals surface area contributed by atoms with Crippen molar-refractivity contribution in [1.29, 1.82) is 0 Å². The highest BCUT2D eigenvalue weighted by Gasteiger charge is 2.38. The van der Waals surface area contributed by atoms with Crippen LogP contribution in [0.15, 0.2) is 0 Å². The van der Waals surface area contributed by atoms with E-state index in [1.807, 2.05) is 11.9 Å². The molecule has 4 heteroatoms. The Labute approximate surface area is 117 Å². The summed E-state index contributed by atoms with van der Waals surface area (Å²) in [7, 11) is 1.95. The minimum absolute atomic E-state index is 0.217. The van der Waals surface area contributed by atoms with Crippen molar-refractivity contribution in [3.05, 3.63) is 0 Å².